The van der Waals surface area contributed by atoms with Crippen LogP contribution in [0.5, 0.6) is 0 Å². The van der Waals surface area contributed by atoms with Crippen LogP contribution in [0.25, 0.3) is 0 Å². The first-order chi connectivity index (χ1) is 14.3. The van der Waals surface area contributed by atoms with Crippen molar-refractivity contribution in [2.24, 2.45) is 0 Å². The summed E-state index contributed by atoms with van der Waals surface area (Å²) in [6.07, 6.45) is 0.815. The summed E-state index contributed by atoms with van der Waals surface area (Å²) in [5, 5.41) is 5.50. The molecule has 0 saturated heterocycles. The highest BCUT2D eigenvalue weighted by Crippen LogP contribution is 2.23. The van der Waals surface area contributed by atoms with Gasteiger partial charge in [0.2, 0.25) is 11.8 Å². The minimum Gasteiger partial charge on any atom is -0.444 e. The summed E-state index contributed by atoms with van der Waals surface area (Å²) in [4.78, 5) is 40.3. The summed E-state index contributed by atoms with van der Waals surface area (Å²) in [6.45, 7) is 14.6. The quantitative estimate of drug-likeness (QED) is 0.419. The summed E-state index contributed by atoms with van der Waals surface area (Å²) >= 11 is 4.24. The van der Waals surface area contributed by atoms with E-state index in [-0.39, 0.29) is 18.2 Å². The molecule has 172 valence electrons. The highest BCUT2D eigenvalue weighted by molar-refractivity contribution is 7.80. The molecule has 0 aliphatic heterocycles. The molecule has 0 radical (unpaired) electrons. The number of hydrogen-bond acceptors (Lipinski definition) is 5. The van der Waals surface area contributed by atoms with Gasteiger partial charge in [0.1, 0.15) is 17.7 Å². The van der Waals surface area contributed by atoms with Crippen molar-refractivity contribution in [2.45, 2.75) is 64.8 Å². The van der Waals surface area contributed by atoms with Gasteiger partial charge in [-0.25, -0.2) is 4.79 Å². The zero-order chi connectivity index (χ0) is 23.8. The number of thiol groups is 1. The van der Waals surface area contributed by atoms with E-state index in [4.69, 9.17) is 4.74 Å². The second-order valence-corrected chi connectivity index (χ2v) is 9.58. The normalized spacial score (nSPS) is 13.5. The number of rotatable bonds is 8. The molecule has 0 fully saturated rings. The highest BCUT2D eigenvalue weighted by atomic mass is 32.1. The summed E-state index contributed by atoms with van der Waals surface area (Å²) in [5.74, 6) is -0.753. The molecule has 2 atom stereocenters. The van der Waals surface area contributed by atoms with Crippen LogP contribution in [0.2, 0.25) is 0 Å². The predicted molar refractivity (Wildman–Crippen MR) is 126 cm³/mol. The minimum atomic E-state index is -0.980. The van der Waals surface area contributed by atoms with Gasteiger partial charge in [0, 0.05) is 17.8 Å². The topological polar surface area (TPSA) is 87.7 Å². The second-order valence-electron chi connectivity index (χ2n) is 9.21. The third-order valence-corrected chi connectivity index (χ3v) is 4.32. The average Bonchev–Trinajstić information content (AvgIpc) is 2.63. The van der Waals surface area contributed by atoms with E-state index in [9.17, 15) is 14.4 Å². The largest absolute Gasteiger partial charge is 0.444 e. The molecular formula is C23H35N3O4S. The number of alkyl carbamates (subject to hydrolysis) is 1. The molecule has 0 aromatic heterocycles. The summed E-state index contributed by atoms with van der Waals surface area (Å²) < 4.78 is 5.26. The fourth-order valence-electron chi connectivity index (χ4n) is 2.84. The second kappa shape index (κ2) is 11.2. The lowest BCUT2D eigenvalue weighted by molar-refractivity contribution is -0.142. The molecule has 2 N–H and O–H groups in total. The van der Waals surface area contributed by atoms with Crippen molar-refractivity contribution in [3.8, 4) is 0 Å². The van der Waals surface area contributed by atoms with E-state index in [0.29, 0.717) is 5.56 Å². The Kier molecular flexibility index (Phi) is 9.62. The first-order valence-electron chi connectivity index (χ1n) is 10.2. The fraction of sp³-hybridized carbons (Fsp3) is 0.522. The number of nitrogens with one attached hydrogen (secondary N) is 2. The zero-order valence-electron chi connectivity index (χ0n) is 19.3. The van der Waals surface area contributed by atoms with E-state index >= 15 is 0 Å². The Balaban J connectivity index is 3.29. The van der Waals surface area contributed by atoms with E-state index in [1.54, 1.807) is 51.1 Å². The van der Waals surface area contributed by atoms with Crippen molar-refractivity contribution in [2.75, 3.05) is 12.3 Å². The van der Waals surface area contributed by atoms with Gasteiger partial charge in [0.25, 0.3) is 0 Å². The van der Waals surface area contributed by atoms with Gasteiger partial charge in [-0.2, -0.15) is 12.6 Å². The highest BCUT2D eigenvalue weighted by Gasteiger charge is 2.36. The Morgan fingerprint density at radius 3 is 2.16 bits per heavy atom. The standard InChI is InChI=1S/C23H35N3O4S/c1-8-14-26(20(28)17(15-31)24-21(29)30-23(5,6)7)18(16-12-10-9-11-13-16)19(27)25-22(2,3)4/h8-13,17-18,31H,1,14-15H2,2-7H3,(H,24,29)(H,25,27). The van der Waals surface area contributed by atoms with Crippen LogP contribution >= 0.6 is 12.6 Å². The number of carbonyl (C=O) groups is 3. The average molecular weight is 450 g/mol. The smallest absolute Gasteiger partial charge is 0.408 e. The van der Waals surface area contributed by atoms with Crippen molar-refractivity contribution in [1.82, 2.24) is 15.5 Å². The van der Waals surface area contributed by atoms with Crippen molar-refractivity contribution < 1.29 is 19.1 Å². The van der Waals surface area contributed by atoms with Gasteiger partial charge in [-0.3, -0.25) is 9.59 Å². The maximum atomic E-state index is 13.4. The Labute approximate surface area is 191 Å². The molecule has 2 unspecified atom stereocenters. The van der Waals surface area contributed by atoms with Crippen LogP contribution < -0.4 is 10.6 Å². The molecule has 8 heteroatoms. The number of carbonyl (C=O) groups excluding carboxylic acids is 3. The molecule has 3 amide bonds. The summed E-state index contributed by atoms with van der Waals surface area (Å²) in [6, 6.07) is 7.13. The van der Waals surface area contributed by atoms with Crippen LogP contribution in [0.15, 0.2) is 43.0 Å². The third-order valence-electron chi connectivity index (χ3n) is 3.95. The van der Waals surface area contributed by atoms with Gasteiger partial charge >= 0.3 is 6.09 Å². The number of benzene rings is 1. The molecule has 0 saturated carbocycles. The first kappa shape index (κ1) is 26.6. The van der Waals surface area contributed by atoms with Gasteiger partial charge in [-0.15, -0.1) is 6.58 Å². The van der Waals surface area contributed by atoms with Crippen LogP contribution in [0.4, 0.5) is 4.79 Å². The molecule has 7 nitrogen and oxygen atoms in total. The molecule has 0 aliphatic carbocycles. The van der Waals surface area contributed by atoms with Crippen molar-refractivity contribution in [3.05, 3.63) is 48.6 Å². The van der Waals surface area contributed by atoms with Gasteiger partial charge in [-0.05, 0) is 47.1 Å². The number of amides is 3. The zero-order valence-corrected chi connectivity index (χ0v) is 20.2. The van der Waals surface area contributed by atoms with Crippen molar-refractivity contribution in [3.63, 3.8) is 0 Å². The molecule has 1 rings (SSSR count). The van der Waals surface area contributed by atoms with Crippen LogP contribution in [0.3, 0.4) is 0 Å². The number of ether oxygens (including phenoxy) is 1. The maximum Gasteiger partial charge on any atom is 0.408 e. The van der Waals surface area contributed by atoms with Crippen molar-refractivity contribution in [1.29, 1.82) is 0 Å². The monoisotopic (exact) mass is 449 g/mol. The van der Waals surface area contributed by atoms with E-state index in [0.717, 1.165) is 0 Å². The number of nitrogens with zero attached hydrogens (tertiary/aromatic N) is 1. The van der Waals surface area contributed by atoms with E-state index in [2.05, 4.69) is 29.8 Å². The first-order valence-corrected chi connectivity index (χ1v) is 10.8. The SMILES string of the molecule is C=CCN(C(=O)C(CS)NC(=O)OC(C)(C)C)C(C(=O)NC(C)(C)C)c1ccccc1. The Morgan fingerprint density at radius 1 is 1.13 bits per heavy atom. The lowest BCUT2D eigenvalue weighted by Crippen LogP contribution is -2.55. The molecule has 1 aromatic rings. The molecule has 0 bridgehead atoms. The van der Waals surface area contributed by atoms with Crippen LogP contribution in [0.1, 0.15) is 53.1 Å². The van der Waals surface area contributed by atoms with Gasteiger partial charge < -0.3 is 20.3 Å². The Hall–Kier alpha value is -2.48. The van der Waals surface area contributed by atoms with Gasteiger partial charge in [0.15, 0.2) is 0 Å². The lowest BCUT2D eigenvalue weighted by Gasteiger charge is -2.35. The molecule has 0 heterocycles. The number of hydrogen-bond donors (Lipinski definition) is 3. The Bertz CT molecular complexity index is 769. The van der Waals surface area contributed by atoms with E-state index in [1.807, 2.05) is 26.8 Å². The van der Waals surface area contributed by atoms with Crippen molar-refractivity contribution >= 4 is 30.5 Å². The van der Waals surface area contributed by atoms with E-state index in [1.165, 1.54) is 4.90 Å². The fourth-order valence-corrected chi connectivity index (χ4v) is 3.09. The third kappa shape index (κ3) is 9.04. The van der Waals surface area contributed by atoms with Crippen LogP contribution in [-0.2, 0) is 14.3 Å². The minimum absolute atomic E-state index is 0.0358. The molecule has 31 heavy (non-hydrogen) atoms. The van der Waals surface area contributed by atoms with E-state index < -0.39 is 35.2 Å². The van der Waals surface area contributed by atoms with Crippen LogP contribution in [-0.4, -0.2) is 52.3 Å². The molecule has 0 spiro atoms. The summed E-state index contributed by atoms with van der Waals surface area (Å²) in [7, 11) is 0. The summed E-state index contributed by atoms with van der Waals surface area (Å²) in [5.41, 5.74) is -0.562. The maximum absolute atomic E-state index is 13.4. The van der Waals surface area contributed by atoms with Gasteiger partial charge in [0.05, 0.1) is 0 Å². The molecule has 0 aliphatic rings. The molecular weight excluding hydrogens is 414 g/mol. The Morgan fingerprint density at radius 2 is 1.71 bits per heavy atom. The predicted octanol–water partition coefficient (Wildman–Crippen LogP) is 3.48. The lowest BCUT2D eigenvalue weighted by atomic mass is 10.0. The van der Waals surface area contributed by atoms with Crippen LogP contribution in [0, 0.1) is 0 Å². The molecule has 1 aromatic carbocycles. The van der Waals surface area contributed by atoms with Gasteiger partial charge in [-0.1, -0.05) is 36.4 Å².